The van der Waals surface area contributed by atoms with Crippen LogP contribution in [0.5, 0.6) is 28.7 Å². The van der Waals surface area contributed by atoms with Crippen LogP contribution in [0.15, 0.2) is 29.4 Å². The van der Waals surface area contributed by atoms with E-state index < -0.39 is 0 Å². The van der Waals surface area contributed by atoms with Crippen LogP contribution in [0, 0.1) is 0 Å². The maximum absolute atomic E-state index is 6.20. The van der Waals surface area contributed by atoms with Crippen LogP contribution in [0.2, 0.25) is 5.02 Å². The summed E-state index contributed by atoms with van der Waals surface area (Å²) in [4.78, 5) is 5.34. The Morgan fingerprint density at radius 1 is 1.00 bits per heavy atom. The third kappa shape index (κ3) is 3.72. The van der Waals surface area contributed by atoms with Crippen molar-refractivity contribution in [2.75, 3.05) is 28.1 Å². The summed E-state index contributed by atoms with van der Waals surface area (Å²) in [6, 6.07) is 7.01. The average molecular weight is 380 g/mol. The lowest BCUT2D eigenvalue weighted by Crippen LogP contribution is -1.97. The molecule has 26 heavy (non-hydrogen) atoms. The fraction of sp³-hybridized carbons (Fsp3) is 0.278. The fourth-order valence-electron chi connectivity index (χ4n) is 2.45. The van der Waals surface area contributed by atoms with Crippen molar-refractivity contribution in [2.45, 2.75) is 6.61 Å². The molecule has 1 heterocycles. The quantitative estimate of drug-likeness (QED) is 0.540. The first-order valence-corrected chi connectivity index (χ1v) is 8.07. The van der Waals surface area contributed by atoms with Crippen LogP contribution in [-0.4, -0.2) is 34.3 Å². The molecule has 138 valence electrons. The van der Waals surface area contributed by atoms with Crippen molar-refractivity contribution in [2.24, 2.45) is 5.16 Å². The molecule has 1 aliphatic heterocycles. The first-order valence-electron chi connectivity index (χ1n) is 7.69. The summed E-state index contributed by atoms with van der Waals surface area (Å²) in [6.45, 7) is 0.381. The Morgan fingerprint density at radius 2 is 1.65 bits per heavy atom. The van der Waals surface area contributed by atoms with Crippen LogP contribution in [0.4, 0.5) is 0 Å². The van der Waals surface area contributed by atoms with E-state index >= 15 is 0 Å². The van der Waals surface area contributed by atoms with Crippen molar-refractivity contribution < 1.29 is 28.5 Å². The minimum absolute atomic E-state index is 0.190. The number of hydrogen-bond donors (Lipinski definition) is 0. The van der Waals surface area contributed by atoms with Gasteiger partial charge in [-0.15, -0.1) is 0 Å². The summed E-state index contributed by atoms with van der Waals surface area (Å²) in [7, 11) is 4.65. The summed E-state index contributed by atoms with van der Waals surface area (Å²) in [5, 5.41) is 4.50. The van der Waals surface area contributed by atoms with E-state index in [-0.39, 0.29) is 13.4 Å². The molecular weight excluding hydrogens is 362 g/mol. The Hall–Kier alpha value is -2.80. The zero-order valence-corrected chi connectivity index (χ0v) is 15.3. The van der Waals surface area contributed by atoms with Crippen molar-refractivity contribution in [3.63, 3.8) is 0 Å². The van der Waals surface area contributed by atoms with Crippen LogP contribution in [0.1, 0.15) is 11.1 Å². The molecule has 0 aromatic heterocycles. The number of rotatable bonds is 7. The van der Waals surface area contributed by atoms with Crippen LogP contribution < -0.4 is 23.7 Å². The van der Waals surface area contributed by atoms with Gasteiger partial charge in [0.1, 0.15) is 6.61 Å². The maximum Gasteiger partial charge on any atom is 0.231 e. The van der Waals surface area contributed by atoms with E-state index in [1.807, 2.05) is 0 Å². The molecule has 0 bridgehead atoms. The number of fused-ring (bicyclic) bond motifs is 1. The van der Waals surface area contributed by atoms with E-state index in [2.05, 4.69) is 5.16 Å². The summed E-state index contributed by atoms with van der Waals surface area (Å²) < 4.78 is 26.5. The van der Waals surface area contributed by atoms with Gasteiger partial charge >= 0.3 is 0 Å². The Labute approximate surface area is 156 Å². The predicted octanol–water partition coefficient (Wildman–Crippen LogP) is 3.65. The van der Waals surface area contributed by atoms with Gasteiger partial charge in [-0.3, -0.25) is 0 Å². The van der Waals surface area contributed by atoms with Crippen LogP contribution in [-0.2, 0) is 11.4 Å². The second-order valence-corrected chi connectivity index (χ2v) is 5.67. The van der Waals surface area contributed by atoms with E-state index in [9.17, 15) is 0 Å². The van der Waals surface area contributed by atoms with Gasteiger partial charge in [-0.2, -0.15) is 0 Å². The molecular formula is C18H18ClNO6. The predicted molar refractivity (Wildman–Crippen MR) is 96.1 cm³/mol. The topological polar surface area (TPSA) is 67.7 Å². The normalized spacial score (nSPS) is 12.3. The SMILES string of the molecule is COc1cc(/C=N/OCc2cc3c(cc2Cl)OCO3)cc(OC)c1OC. The minimum atomic E-state index is 0.190. The monoisotopic (exact) mass is 379 g/mol. The molecule has 0 unspecified atom stereocenters. The maximum atomic E-state index is 6.20. The second kappa shape index (κ2) is 8.05. The highest BCUT2D eigenvalue weighted by Crippen LogP contribution is 2.38. The highest BCUT2D eigenvalue weighted by molar-refractivity contribution is 6.31. The summed E-state index contributed by atoms with van der Waals surface area (Å²) in [6.07, 6.45) is 1.55. The number of hydrogen-bond acceptors (Lipinski definition) is 7. The van der Waals surface area contributed by atoms with Gasteiger partial charge in [0, 0.05) is 17.2 Å². The number of oxime groups is 1. The zero-order chi connectivity index (χ0) is 18.5. The third-order valence-electron chi connectivity index (χ3n) is 3.73. The number of halogens is 1. The van der Waals surface area contributed by atoms with Gasteiger partial charge in [-0.05, 0) is 18.2 Å². The molecule has 0 N–H and O–H groups in total. The molecule has 2 aromatic rings. The van der Waals surface area contributed by atoms with Crippen molar-refractivity contribution in [1.82, 2.24) is 0 Å². The van der Waals surface area contributed by atoms with Gasteiger partial charge in [0.25, 0.3) is 0 Å². The molecule has 0 fully saturated rings. The summed E-state index contributed by atoms with van der Waals surface area (Å²) >= 11 is 6.20. The van der Waals surface area contributed by atoms with Gasteiger partial charge in [-0.25, -0.2) is 0 Å². The molecule has 0 saturated carbocycles. The largest absolute Gasteiger partial charge is 0.493 e. The lowest BCUT2D eigenvalue weighted by Gasteiger charge is -2.12. The molecule has 2 aromatic carbocycles. The lowest BCUT2D eigenvalue weighted by atomic mass is 10.2. The van der Waals surface area contributed by atoms with E-state index in [1.54, 1.807) is 51.8 Å². The molecule has 0 radical (unpaired) electrons. The first kappa shape index (κ1) is 18.0. The highest BCUT2D eigenvalue weighted by Gasteiger charge is 2.16. The fourth-order valence-corrected chi connectivity index (χ4v) is 2.66. The van der Waals surface area contributed by atoms with Gasteiger partial charge in [-0.1, -0.05) is 16.8 Å². The Kier molecular flexibility index (Phi) is 5.58. The molecule has 7 nitrogen and oxygen atoms in total. The second-order valence-electron chi connectivity index (χ2n) is 5.26. The van der Waals surface area contributed by atoms with Crippen LogP contribution in [0.25, 0.3) is 0 Å². The zero-order valence-electron chi connectivity index (χ0n) is 14.6. The Morgan fingerprint density at radius 3 is 2.27 bits per heavy atom. The molecule has 0 amide bonds. The first-order chi connectivity index (χ1) is 12.7. The van der Waals surface area contributed by atoms with Crippen LogP contribution >= 0.6 is 11.6 Å². The lowest BCUT2D eigenvalue weighted by molar-refractivity contribution is 0.132. The molecule has 0 atom stereocenters. The Balaban J connectivity index is 1.69. The van der Waals surface area contributed by atoms with E-state index in [1.165, 1.54) is 0 Å². The summed E-state index contributed by atoms with van der Waals surface area (Å²) in [5.74, 6) is 2.85. The smallest absolute Gasteiger partial charge is 0.231 e. The van der Waals surface area contributed by atoms with Crippen LogP contribution in [0.3, 0.4) is 0 Å². The van der Waals surface area contributed by atoms with Gasteiger partial charge < -0.3 is 28.5 Å². The van der Waals surface area contributed by atoms with Gasteiger partial charge in [0.05, 0.1) is 32.6 Å². The van der Waals surface area contributed by atoms with Crippen molar-refractivity contribution in [3.05, 3.63) is 40.4 Å². The third-order valence-corrected chi connectivity index (χ3v) is 4.08. The summed E-state index contributed by atoms with van der Waals surface area (Å²) in [5.41, 5.74) is 1.48. The molecule has 0 aliphatic carbocycles. The number of methoxy groups -OCH3 is 3. The number of nitrogens with zero attached hydrogens (tertiary/aromatic N) is 1. The van der Waals surface area contributed by atoms with E-state index in [0.29, 0.717) is 33.8 Å². The molecule has 0 spiro atoms. The van der Waals surface area contributed by atoms with Crippen molar-refractivity contribution in [1.29, 1.82) is 0 Å². The number of benzene rings is 2. The van der Waals surface area contributed by atoms with Gasteiger partial charge in [0.2, 0.25) is 12.5 Å². The average Bonchev–Trinajstić information content (AvgIpc) is 3.11. The number of ether oxygens (including phenoxy) is 5. The van der Waals surface area contributed by atoms with Crippen molar-refractivity contribution >= 4 is 17.8 Å². The molecule has 1 aliphatic rings. The highest BCUT2D eigenvalue weighted by atomic mass is 35.5. The molecule has 3 rings (SSSR count). The van der Waals surface area contributed by atoms with Gasteiger partial charge in [0.15, 0.2) is 23.0 Å². The Bertz CT molecular complexity index is 799. The molecule has 8 heteroatoms. The minimum Gasteiger partial charge on any atom is -0.493 e. The van der Waals surface area contributed by atoms with Crippen molar-refractivity contribution in [3.8, 4) is 28.7 Å². The van der Waals surface area contributed by atoms with E-state index in [4.69, 9.17) is 40.1 Å². The van der Waals surface area contributed by atoms with E-state index in [0.717, 1.165) is 11.1 Å². The molecule has 0 saturated heterocycles. The standard InChI is InChI=1S/C18H18ClNO6/c1-21-16-4-11(5-17(22-2)18(16)23-3)8-20-26-9-12-6-14-15(7-13(12)19)25-10-24-14/h4-8H,9-10H2,1-3H3/b20-8+.